The van der Waals surface area contributed by atoms with E-state index in [2.05, 4.69) is 0 Å². The Morgan fingerprint density at radius 1 is 1.03 bits per heavy atom. The van der Waals surface area contributed by atoms with E-state index >= 15 is 0 Å². The fourth-order valence-corrected chi connectivity index (χ4v) is 4.28. The van der Waals surface area contributed by atoms with Crippen LogP contribution in [0.5, 0.6) is 0 Å². The predicted molar refractivity (Wildman–Crippen MR) is 113 cm³/mol. The number of nitro benzene ring substituents is 1. The van der Waals surface area contributed by atoms with Crippen LogP contribution < -0.4 is 10.6 Å². The van der Waals surface area contributed by atoms with Crippen LogP contribution in [0.4, 0.5) is 17.1 Å². The lowest BCUT2D eigenvalue weighted by Crippen LogP contribution is -2.28. The number of amides is 1. The minimum atomic E-state index is -1.94. The lowest BCUT2D eigenvalue weighted by atomic mass is 10.1. The molecule has 2 N–H and O–H groups in total. The number of hydrogen-bond acceptors (Lipinski definition) is 5. The zero-order valence-electron chi connectivity index (χ0n) is 15.9. The Balaban J connectivity index is 2.13. The molecule has 0 fully saturated rings. The van der Waals surface area contributed by atoms with Crippen LogP contribution in [-0.4, -0.2) is 22.4 Å². The first kappa shape index (κ1) is 20.4. The minimum Gasteiger partial charge on any atom is -0.606 e. The van der Waals surface area contributed by atoms with Gasteiger partial charge in [0.1, 0.15) is 5.56 Å². The molecule has 0 heterocycles. The van der Waals surface area contributed by atoms with Gasteiger partial charge in [-0.25, -0.2) is 0 Å². The highest BCUT2D eigenvalue weighted by Gasteiger charge is 2.34. The molecule has 0 aromatic heterocycles. The molecule has 0 saturated carbocycles. The van der Waals surface area contributed by atoms with Gasteiger partial charge >= 0.3 is 5.69 Å². The molecule has 0 aliphatic carbocycles. The molecule has 0 bridgehead atoms. The standard InChI is InChI=1S/C21H19N3O4S/c1-14-6-3-4-8-18(14)23(2)21(25)17-7-5-9-19(24(26)27)20(17)29(28)16-12-10-15(22)11-13-16/h3-13H,22H2,1-2H3. The van der Waals surface area contributed by atoms with Crippen LogP contribution in [0.1, 0.15) is 15.9 Å². The van der Waals surface area contributed by atoms with Gasteiger partial charge in [-0.15, -0.1) is 0 Å². The van der Waals surface area contributed by atoms with Gasteiger partial charge in [0.15, 0.2) is 4.90 Å². The summed E-state index contributed by atoms with van der Waals surface area (Å²) in [5.41, 5.74) is 7.32. The van der Waals surface area contributed by atoms with E-state index in [1.54, 1.807) is 31.3 Å². The van der Waals surface area contributed by atoms with Crippen molar-refractivity contribution >= 4 is 34.1 Å². The van der Waals surface area contributed by atoms with Gasteiger partial charge in [0.05, 0.1) is 4.92 Å². The number of anilines is 2. The summed E-state index contributed by atoms with van der Waals surface area (Å²) in [7, 11) is 1.58. The summed E-state index contributed by atoms with van der Waals surface area (Å²) in [5, 5.41) is 11.6. The molecule has 0 radical (unpaired) electrons. The predicted octanol–water partition coefficient (Wildman–Crippen LogP) is 3.93. The van der Waals surface area contributed by atoms with Crippen LogP contribution in [0.15, 0.2) is 76.5 Å². The van der Waals surface area contributed by atoms with E-state index in [1.165, 1.54) is 35.2 Å². The fraction of sp³-hybridized carbons (Fsp3) is 0.0952. The maximum absolute atomic E-state index is 13.2. The highest BCUT2D eigenvalue weighted by atomic mass is 32.2. The van der Waals surface area contributed by atoms with E-state index in [4.69, 9.17) is 5.73 Å². The van der Waals surface area contributed by atoms with Gasteiger partial charge in [-0.1, -0.05) is 24.3 Å². The SMILES string of the molecule is Cc1ccccc1N(C)C(=O)c1cccc([N+](=O)[O-])c1[S+]([O-])c1ccc(N)cc1. The number of nitro groups is 1. The van der Waals surface area contributed by atoms with Crippen molar-refractivity contribution < 1.29 is 14.3 Å². The highest BCUT2D eigenvalue weighted by molar-refractivity contribution is 7.91. The monoisotopic (exact) mass is 409 g/mol. The number of nitrogens with zero attached hydrogens (tertiary/aromatic N) is 2. The van der Waals surface area contributed by atoms with Crippen LogP contribution in [0, 0.1) is 17.0 Å². The molecule has 0 aliphatic rings. The summed E-state index contributed by atoms with van der Waals surface area (Å²) in [6.45, 7) is 1.86. The van der Waals surface area contributed by atoms with Gasteiger partial charge < -0.3 is 15.2 Å². The molecule has 1 atom stereocenters. The third-order valence-electron chi connectivity index (χ3n) is 4.48. The number of hydrogen-bond donors (Lipinski definition) is 1. The number of rotatable bonds is 5. The topological polar surface area (TPSA) is 113 Å². The van der Waals surface area contributed by atoms with Gasteiger partial charge in [0.25, 0.3) is 5.91 Å². The molecule has 3 aromatic rings. The van der Waals surface area contributed by atoms with E-state index in [0.29, 0.717) is 16.3 Å². The molecule has 148 valence electrons. The molecule has 0 aliphatic heterocycles. The smallest absolute Gasteiger partial charge is 0.325 e. The van der Waals surface area contributed by atoms with Gasteiger partial charge in [0.2, 0.25) is 4.90 Å². The summed E-state index contributed by atoms with van der Waals surface area (Å²) >= 11 is -1.94. The second-order valence-corrected chi connectivity index (χ2v) is 7.82. The van der Waals surface area contributed by atoms with Crippen LogP contribution in [0.25, 0.3) is 0 Å². The molecular formula is C21H19N3O4S. The Morgan fingerprint density at radius 2 is 1.69 bits per heavy atom. The molecule has 7 nitrogen and oxygen atoms in total. The Morgan fingerprint density at radius 3 is 2.31 bits per heavy atom. The third kappa shape index (κ3) is 4.08. The van der Waals surface area contributed by atoms with Gasteiger partial charge in [-0.2, -0.15) is 0 Å². The first-order valence-electron chi connectivity index (χ1n) is 8.69. The van der Waals surface area contributed by atoms with Crippen molar-refractivity contribution in [3.05, 3.63) is 88.0 Å². The zero-order chi connectivity index (χ0) is 21.1. The van der Waals surface area contributed by atoms with Crippen LogP contribution in [0.3, 0.4) is 0 Å². The normalized spacial score (nSPS) is 11.7. The largest absolute Gasteiger partial charge is 0.606 e. The van der Waals surface area contributed by atoms with Crippen molar-refractivity contribution in [3.8, 4) is 0 Å². The van der Waals surface area contributed by atoms with Crippen LogP contribution in [-0.2, 0) is 11.2 Å². The number of carbonyl (C=O) groups is 1. The number of aryl methyl sites for hydroxylation is 1. The molecule has 0 spiro atoms. The van der Waals surface area contributed by atoms with E-state index in [1.807, 2.05) is 19.1 Å². The quantitative estimate of drug-likeness (QED) is 0.297. The number of nitrogen functional groups attached to an aromatic ring is 1. The highest BCUT2D eigenvalue weighted by Crippen LogP contribution is 2.34. The Kier molecular flexibility index (Phi) is 5.86. The lowest BCUT2D eigenvalue weighted by Gasteiger charge is -2.21. The van der Waals surface area contributed by atoms with Gasteiger partial charge in [-0.3, -0.25) is 14.9 Å². The van der Waals surface area contributed by atoms with E-state index in [-0.39, 0.29) is 16.1 Å². The van der Waals surface area contributed by atoms with Crippen molar-refractivity contribution in [3.63, 3.8) is 0 Å². The molecule has 1 unspecified atom stereocenters. The lowest BCUT2D eigenvalue weighted by molar-refractivity contribution is -0.387. The Bertz CT molecular complexity index is 1070. The molecule has 8 heteroatoms. The first-order chi connectivity index (χ1) is 13.8. The second-order valence-electron chi connectivity index (χ2n) is 6.40. The average molecular weight is 409 g/mol. The van der Waals surface area contributed by atoms with Crippen LogP contribution >= 0.6 is 0 Å². The van der Waals surface area contributed by atoms with E-state index in [9.17, 15) is 19.5 Å². The Hall–Kier alpha value is -3.36. The molecule has 3 rings (SSSR count). The van der Waals surface area contributed by atoms with Crippen molar-refractivity contribution in [1.29, 1.82) is 0 Å². The maximum atomic E-state index is 13.2. The molecule has 1 amide bonds. The number of para-hydroxylation sites is 1. The molecule has 3 aromatic carbocycles. The molecule has 0 saturated heterocycles. The summed E-state index contributed by atoms with van der Waals surface area (Å²) in [6.07, 6.45) is 0. The summed E-state index contributed by atoms with van der Waals surface area (Å²) in [6, 6.07) is 17.6. The van der Waals surface area contributed by atoms with Crippen molar-refractivity contribution in [2.45, 2.75) is 16.7 Å². The number of carbonyl (C=O) groups excluding carboxylic acids is 1. The zero-order valence-corrected chi connectivity index (χ0v) is 16.7. The summed E-state index contributed by atoms with van der Waals surface area (Å²) in [4.78, 5) is 25.8. The van der Waals surface area contributed by atoms with E-state index < -0.39 is 22.0 Å². The number of nitrogens with two attached hydrogens (primary N) is 1. The van der Waals surface area contributed by atoms with Crippen LogP contribution in [0.2, 0.25) is 0 Å². The van der Waals surface area contributed by atoms with Gasteiger partial charge in [0, 0.05) is 35.7 Å². The fourth-order valence-electron chi connectivity index (χ4n) is 2.97. The molecular weight excluding hydrogens is 390 g/mol. The first-order valence-corrected chi connectivity index (χ1v) is 9.84. The molecule has 29 heavy (non-hydrogen) atoms. The second kappa shape index (κ2) is 8.34. The summed E-state index contributed by atoms with van der Waals surface area (Å²) < 4.78 is 13.2. The maximum Gasteiger partial charge on any atom is 0.325 e. The van der Waals surface area contributed by atoms with Crippen molar-refractivity contribution in [2.24, 2.45) is 0 Å². The minimum absolute atomic E-state index is 0.0140. The Labute approximate surface area is 171 Å². The number of benzene rings is 3. The van der Waals surface area contributed by atoms with Crippen molar-refractivity contribution in [2.75, 3.05) is 17.7 Å². The van der Waals surface area contributed by atoms with Gasteiger partial charge in [-0.05, 0) is 48.9 Å². The third-order valence-corrected chi connectivity index (χ3v) is 5.98. The summed E-state index contributed by atoms with van der Waals surface area (Å²) in [5.74, 6) is -0.484. The van der Waals surface area contributed by atoms with Crippen molar-refractivity contribution in [1.82, 2.24) is 0 Å². The average Bonchev–Trinajstić information content (AvgIpc) is 2.72. The van der Waals surface area contributed by atoms with E-state index in [0.717, 1.165) is 5.56 Å².